The first kappa shape index (κ1) is 13.5. The van der Waals surface area contributed by atoms with E-state index in [9.17, 15) is 4.79 Å². The van der Waals surface area contributed by atoms with Gasteiger partial charge in [-0.15, -0.1) is 0 Å². The summed E-state index contributed by atoms with van der Waals surface area (Å²) >= 11 is 0. The number of unbranched alkanes of at least 4 members (excludes halogenated alkanes) is 1. The number of nitrogens with zero attached hydrogens (tertiary/aromatic N) is 1. The third kappa shape index (κ3) is 4.97. The van der Waals surface area contributed by atoms with E-state index >= 15 is 0 Å². The van der Waals surface area contributed by atoms with Crippen molar-refractivity contribution in [3.8, 4) is 0 Å². The van der Waals surface area contributed by atoms with Crippen LogP contribution in [0.1, 0.15) is 51.9 Å². The SMILES string of the molecule is CCCCOC(=O)CN(C)C1CCCCC1. The van der Waals surface area contributed by atoms with Crippen LogP contribution >= 0.6 is 0 Å². The first-order valence-electron chi connectivity index (χ1n) is 6.60. The molecule has 0 aromatic carbocycles. The second-order valence-corrected chi connectivity index (χ2v) is 4.78. The molecule has 0 aliphatic heterocycles. The first-order valence-corrected chi connectivity index (χ1v) is 6.60. The van der Waals surface area contributed by atoms with Gasteiger partial charge in [0, 0.05) is 6.04 Å². The van der Waals surface area contributed by atoms with Gasteiger partial charge in [-0.3, -0.25) is 9.69 Å². The van der Waals surface area contributed by atoms with Gasteiger partial charge in [-0.1, -0.05) is 32.6 Å². The molecule has 0 heterocycles. The Bertz CT molecular complexity index is 200. The molecule has 0 spiro atoms. The van der Waals surface area contributed by atoms with Gasteiger partial charge in [0.1, 0.15) is 0 Å². The molecule has 0 unspecified atom stereocenters. The molecule has 1 aliphatic rings. The Balaban J connectivity index is 2.16. The fraction of sp³-hybridized carbons (Fsp3) is 0.923. The number of likely N-dealkylation sites (N-methyl/N-ethyl adjacent to an activating group) is 1. The quantitative estimate of drug-likeness (QED) is 0.516. The zero-order chi connectivity index (χ0) is 11.8. The summed E-state index contributed by atoms with van der Waals surface area (Å²) in [5, 5.41) is 0. The number of esters is 1. The summed E-state index contributed by atoms with van der Waals surface area (Å²) in [5.41, 5.74) is 0. The van der Waals surface area contributed by atoms with Crippen LogP contribution in [-0.2, 0) is 9.53 Å². The molecule has 0 radical (unpaired) electrons. The minimum Gasteiger partial charge on any atom is -0.465 e. The van der Waals surface area contributed by atoms with E-state index in [1.165, 1.54) is 32.1 Å². The Morgan fingerprint density at radius 2 is 2.00 bits per heavy atom. The highest BCUT2D eigenvalue weighted by atomic mass is 16.5. The molecule has 1 saturated carbocycles. The number of rotatable bonds is 6. The summed E-state index contributed by atoms with van der Waals surface area (Å²) < 4.78 is 5.16. The topological polar surface area (TPSA) is 29.5 Å². The number of carbonyl (C=O) groups is 1. The number of hydrogen-bond donors (Lipinski definition) is 0. The lowest BCUT2D eigenvalue weighted by Gasteiger charge is -2.30. The van der Waals surface area contributed by atoms with Gasteiger partial charge in [-0.2, -0.15) is 0 Å². The van der Waals surface area contributed by atoms with Crippen molar-refractivity contribution in [1.29, 1.82) is 0 Å². The highest BCUT2D eigenvalue weighted by molar-refractivity contribution is 5.71. The first-order chi connectivity index (χ1) is 7.74. The van der Waals surface area contributed by atoms with Crippen LogP contribution in [0, 0.1) is 0 Å². The Kier molecular flexibility index (Phi) is 6.46. The molecule has 0 atom stereocenters. The summed E-state index contributed by atoms with van der Waals surface area (Å²) in [4.78, 5) is 13.7. The zero-order valence-corrected chi connectivity index (χ0v) is 10.7. The highest BCUT2D eigenvalue weighted by Crippen LogP contribution is 2.21. The zero-order valence-electron chi connectivity index (χ0n) is 10.7. The van der Waals surface area contributed by atoms with Gasteiger partial charge in [0.05, 0.1) is 13.2 Å². The average molecular weight is 227 g/mol. The monoisotopic (exact) mass is 227 g/mol. The van der Waals surface area contributed by atoms with Gasteiger partial charge < -0.3 is 4.74 Å². The van der Waals surface area contributed by atoms with Crippen LogP contribution in [0.25, 0.3) is 0 Å². The molecule has 1 rings (SSSR count). The molecule has 0 aromatic rings. The highest BCUT2D eigenvalue weighted by Gasteiger charge is 2.20. The lowest BCUT2D eigenvalue weighted by Crippen LogP contribution is -2.37. The lowest BCUT2D eigenvalue weighted by molar-refractivity contribution is -0.145. The van der Waals surface area contributed by atoms with E-state index in [-0.39, 0.29) is 5.97 Å². The maximum absolute atomic E-state index is 11.5. The molecular weight excluding hydrogens is 202 g/mol. The van der Waals surface area contributed by atoms with Crippen molar-refractivity contribution in [1.82, 2.24) is 4.90 Å². The fourth-order valence-corrected chi connectivity index (χ4v) is 2.23. The second kappa shape index (κ2) is 7.66. The molecule has 3 heteroatoms. The summed E-state index contributed by atoms with van der Waals surface area (Å²) in [6.07, 6.45) is 8.48. The molecule has 16 heavy (non-hydrogen) atoms. The molecule has 3 nitrogen and oxygen atoms in total. The van der Waals surface area contributed by atoms with Gasteiger partial charge >= 0.3 is 5.97 Å². The van der Waals surface area contributed by atoms with Crippen molar-refractivity contribution in [2.45, 2.75) is 57.9 Å². The van der Waals surface area contributed by atoms with E-state index in [4.69, 9.17) is 4.74 Å². The van der Waals surface area contributed by atoms with Crippen molar-refractivity contribution in [3.05, 3.63) is 0 Å². The van der Waals surface area contributed by atoms with Gasteiger partial charge in [0.25, 0.3) is 0 Å². The molecular formula is C13H25NO2. The molecule has 0 aromatic heterocycles. The molecule has 0 amide bonds. The minimum absolute atomic E-state index is 0.0680. The van der Waals surface area contributed by atoms with Crippen LogP contribution in [0.2, 0.25) is 0 Å². The standard InChI is InChI=1S/C13H25NO2/c1-3-4-10-16-13(15)11-14(2)12-8-6-5-7-9-12/h12H,3-11H2,1-2H3. The van der Waals surface area contributed by atoms with E-state index in [1.54, 1.807) is 0 Å². The predicted octanol–water partition coefficient (Wildman–Crippen LogP) is 2.59. The van der Waals surface area contributed by atoms with Gasteiger partial charge in [-0.05, 0) is 26.3 Å². The third-order valence-electron chi connectivity index (χ3n) is 3.34. The lowest BCUT2D eigenvalue weighted by atomic mass is 9.94. The maximum Gasteiger partial charge on any atom is 0.320 e. The number of hydrogen-bond acceptors (Lipinski definition) is 3. The summed E-state index contributed by atoms with van der Waals surface area (Å²) in [6.45, 7) is 3.13. The number of carbonyl (C=O) groups excluding carboxylic acids is 1. The molecule has 0 N–H and O–H groups in total. The molecule has 0 saturated heterocycles. The van der Waals surface area contributed by atoms with Crippen LogP contribution in [-0.4, -0.2) is 37.1 Å². The molecule has 0 bridgehead atoms. The molecule has 1 fully saturated rings. The van der Waals surface area contributed by atoms with E-state index in [1.807, 2.05) is 7.05 Å². The largest absolute Gasteiger partial charge is 0.465 e. The van der Waals surface area contributed by atoms with E-state index in [0.717, 1.165) is 12.8 Å². The van der Waals surface area contributed by atoms with Gasteiger partial charge in [0.15, 0.2) is 0 Å². The molecule has 1 aliphatic carbocycles. The van der Waals surface area contributed by atoms with Crippen molar-refractivity contribution >= 4 is 5.97 Å². The van der Waals surface area contributed by atoms with E-state index < -0.39 is 0 Å². The predicted molar refractivity (Wildman–Crippen MR) is 65.4 cm³/mol. The van der Waals surface area contributed by atoms with Crippen LogP contribution < -0.4 is 0 Å². The Morgan fingerprint density at radius 1 is 1.31 bits per heavy atom. The Hall–Kier alpha value is -0.570. The smallest absolute Gasteiger partial charge is 0.320 e. The molecule has 94 valence electrons. The third-order valence-corrected chi connectivity index (χ3v) is 3.34. The van der Waals surface area contributed by atoms with Gasteiger partial charge in [-0.25, -0.2) is 0 Å². The van der Waals surface area contributed by atoms with E-state index in [0.29, 0.717) is 19.2 Å². The van der Waals surface area contributed by atoms with Crippen LogP contribution in [0.3, 0.4) is 0 Å². The summed E-state index contributed by atoms with van der Waals surface area (Å²) in [7, 11) is 2.04. The van der Waals surface area contributed by atoms with Crippen LogP contribution in [0.5, 0.6) is 0 Å². The minimum atomic E-state index is -0.0680. The second-order valence-electron chi connectivity index (χ2n) is 4.78. The van der Waals surface area contributed by atoms with Crippen molar-refractivity contribution in [2.75, 3.05) is 20.2 Å². The number of ether oxygens (including phenoxy) is 1. The fourth-order valence-electron chi connectivity index (χ4n) is 2.23. The van der Waals surface area contributed by atoms with E-state index in [2.05, 4.69) is 11.8 Å². The van der Waals surface area contributed by atoms with Crippen LogP contribution in [0.15, 0.2) is 0 Å². The van der Waals surface area contributed by atoms with Crippen molar-refractivity contribution in [2.24, 2.45) is 0 Å². The summed E-state index contributed by atoms with van der Waals surface area (Å²) in [6, 6.07) is 0.590. The Morgan fingerprint density at radius 3 is 2.62 bits per heavy atom. The van der Waals surface area contributed by atoms with Gasteiger partial charge in [0.2, 0.25) is 0 Å². The average Bonchev–Trinajstić information content (AvgIpc) is 2.30. The van der Waals surface area contributed by atoms with Crippen molar-refractivity contribution < 1.29 is 9.53 Å². The van der Waals surface area contributed by atoms with Crippen LogP contribution in [0.4, 0.5) is 0 Å². The van der Waals surface area contributed by atoms with Crippen molar-refractivity contribution in [3.63, 3.8) is 0 Å². The Labute approximate surface area is 99.1 Å². The normalized spacial score (nSPS) is 17.7. The summed E-state index contributed by atoms with van der Waals surface area (Å²) in [5.74, 6) is -0.0680. The maximum atomic E-state index is 11.5.